The van der Waals surface area contributed by atoms with Gasteiger partial charge in [0.1, 0.15) is 7.40 Å². The van der Waals surface area contributed by atoms with E-state index < -0.39 is 4.92 Å². The molecule has 0 N–H and O–H groups in total. The van der Waals surface area contributed by atoms with Crippen molar-refractivity contribution in [2.45, 2.75) is 0 Å². The molecule has 0 saturated heterocycles. The van der Waals surface area contributed by atoms with Crippen LogP contribution in [0, 0.1) is 17.5 Å². The Morgan fingerprint density at radius 3 is 2.33 bits per heavy atom. The molecule has 2 aromatic rings. The second-order valence-corrected chi connectivity index (χ2v) is 4.78. The number of non-ortho nitro benzene ring substituents is 1. The minimum absolute atomic E-state index is 0.0359. The van der Waals surface area contributed by atoms with E-state index in [9.17, 15) is 10.1 Å². The molecule has 0 aliphatic heterocycles. The summed E-state index contributed by atoms with van der Waals surface area (Å²) in [4.78, 5) is 18.6. The fourth-order valence-electron chi connectivity index (χ4n) is 1.11. The summed E-state index contributed by atoms with van der Waals surface area (Å²) < 4.78 is 1.55. The largest absolute Gasteiger partial charge is 0.271 e. The predicted octanol–water partition coefficient (Wildman–Crippen LogP) is 2.75. The predicted molar refractivity (Wildman–Crippen MR) is 71.6 cm³/mol. The highest BCUT2D eigenvalue weighted by Gasteiger charge is 2.09. The quantitative estimate of drug-likeness (QED) is 0.399. The van der Waals surface area contributed by atoms with Gasteiger partial charge in [0.25, 0.3) is 5.69 Å². The number of halogens is 2. The molecule has 0 saturated carbocycles. The molecule has 1 aromatic carbocycles. The Kier molecular flexibility index (Phi) is 3.00. The van der Waals surface area contributed by atoms with Gasteiger partial charge in [-0.3, -0.25) is 10.1 Å². The van der Waals surface area contributed by atoms with Crippen LogP contribution in [0.5, 0.6) is 0 Å². The SMILES string of the molecule is O=[N+]([O-])c1ccc2nc(I)c(I)nc2c1. The minimum atomic E-state index is -0.439. The fraction of sp³-hybridized carbons (Fsp3) is 0. The zero-order valence-electron chi connectivity index (χ0n) is 7.15. The van der Waals surface area contributed by atoms with E-state index in [0.29, 0.717) is 11.0 Å². The number of hydrogen-bond donors (Lipinski definition) is 0. The highest BCUT2D eigenvalue weighted by atomic mass is 127. The molecule has 0 bridgehead atoms. The molecule has 0 unspecified atom stereocenters. The lowest BCUT2D eigenvalue weighted by atomic mass is 10.3. The van der Waals surface area contributed by atoms with Crippen molar-refractivity contribution in [3.05, 3.63) is 35.7 Å². The lowest BCUT2D eigenvalue weighted by molar-refractivity contribution is -0.384. The maximum Gasteiger partial charge on any atom is 0.271 e. The van der Waals surface area contributed by atoms with Crippen LogP contribution in [0.15, 0.2) is 18.2 Å². The van der Waals surface area contributed by atoms with Crippen LogP contribution in [0.1, 0.15) is 0 Å². The molecule has 0 radical (unpaired) electrons. The Labute approximate surface area is 112 Å². The van der Waals surface area contributed by atoms with E-state index >= 15 is 0 Å². The highest BCUT2D eigenvalue weighted by molar-refractivity contribution is 14.1. The molecule has 0 aliphatic carbocycles. The van der Waals surface area contributed by atoms with E-state index in [1.165, 1.54) is 12.1 Å². The van der Waals surface area contributed by atoms with Gasteiger partial charge in [0.05, 0.1) is 16.0 Å². The van der Waals surface area contributed by atoms with Crippen molar-refractivity contribution in [1.29, 1.82) is 0 Å². The zero-order valence-corrected chi connectivity index (χ0v) is 11.5. The van der Waals surface area contributed by atoms with E-state index in [1.54, 1.807) is 6.07 Å². The zero-order chi connectivity index (χ0) is 11.0. The molecule has 15 heavy (non-hydrogen) atoms. The van der Waals surface area contributed by atoms with Gasteiger partial charge in [-0.25, -0.2) is 9.97 Å². The van der Waals surface area contributed by atoms with Crippen LogP contribution in [0.2, 0.25) is 0 Å². The van der Waals surface area contributed by atoms with Gasteiger partial charge >= 0.3 is 0 Å². The van der Waals surface area contributed by atoms with Gasteiger partial charge in [-0.05, 0) is 51.2 Å². The Balaban J connectivity index is 2.72. The highest BCUT2D eigenvalue weighted by Crippen LogP contribution is 2.20. The van der Waals surface area contributed by atoms with Crippen molar-refractivity contribution in [1.82, 2.24) is 9.97 Å². The third kappa shape index (κ3) is 2.17. The number of nitrogens with zero attached hydrogens (tertiary/aromatic N) is 3. The summed E-state index contributed by atoms with van der Waals surface area (Å²) in [7, 11) is 0. The summed E-state index contributed by atoms with van der Waals surface area (Å²) in [5, 5.41) is 10.6. The topological polar surface area (TPSA) is 68.9 Å². The molecule has 0 spiro atoms. The first-order valence-corrected chi connectivity index (χ1v) is 6.01. The summed E-state index contributed by atoms with van der Waals surface area (Å²) in [6, 6.07) is 4.47. The first-order valence-electron chi connectivity index (χ1n) is 3.85. The summed E-state index contributed by atoms with van der Waals surface area (Å²) in [6.07, 6.45) is 0. The maximum atomic E-state index is 10.6. The van der Waals surface area contributed by atoms with Crippen molar-refractivity contribution in [2.75, 3.05) is 0 Å². The molecule has 0 fully saturated rings. The molecule has 1 heterocycles. The lowest BCUT2D eigenvalue weighted by Gasteiger charge is -1.99. The average Bonchev–Trinajstić information content (AvgIpc) is 2.19. The molecular formula is C8H3I2N3O2. The van der Waals surface area contributed by atoms with E-state index in [1.807, 2.05) is 0 Å². The molecule has 2 rings (SSSR count). The van der Waals surface area contributed by atoms with E-state index in [0.717, 1.165) is 7.40 Å². The Morgan fingerprint density at radius 2 is 1.73 bits per heavy atom. The van der Waals surface area contributed by atoms with Gasteiger partial charge in [0.15, 0.2) is 0 Å². The molecule has 0 aliphatic rings. The van der Waals surface area contributed by atoms with E-state index in [4.69, 9.17) is 0 Å². The maximum absolute atomic E-state index is 10.6. The van der Waals surface area contributed by atoms with E-state index in [2.05, 4.69) is 55.1 Å². The van der Waals surface area contributed by atoms with Crippen LogP contribution in [0.4, 0.5) is 5.69 Å². The molecule has 1 aromatic heterocycles. The van der Waals surface area contributed by atoms with Crippen molar-refractivity contribution in [2.24, 2.45) is 0 Å². The standard InChI is InChI=1S/C8H3I2N3O2/c9-7-8(10)12-6-3-4(13(14)15)1-2-5(6)11-7/h1-3H. The van der Waals surface area contributed by atoms with Gasteiger partial charge in [-0.15, -0.1) is 0 Å². The Bertz CT molecular complexity index is 559. The second kappa shape index (κ2) is 4.12. The average molecular weight is 427 g/mol. The number of hydrogen-bond acceptors (Lipinski definition) is 4. The summed E-state index contributed by atoms with van der Waals surface area (Å²) in [5.41, 5.74) is 1.26. The third-order valence-corrected chi connectivity index (χ3v) is 4.31. The van der Waals surface area contributed by atoms with Crippen LogP contribution >= 0.6 is 45.2 Å². The van der Waals surface area contributed by atoms with Crippen molar-refractivity contribution < 1.29 is 4.92 Å². The number of rotatable bonds is 1. The first kappa shape index (κ1) is 10.9. The molecule has 5 nitrogen and oxygen atoms in total. The molecule has 76 valence electrons. The van der Waals surface area contributed by atoms with Crippen LogP contribution in [-0.2, 0) is 0 Å². The Hall–Kier alpha value is -0.580. The van der Waals surface area contributed by atoms with Gasteiger partial charge in [-0.2, -0.15) is 0 Å². The van der Waals surface area contributed by atoms with Crippen molar-refractivity contribution in [3.63, 3.8) is 0 Å². The number of nitro groups is 1. The normalized spacial score (nSPS) is 10.5. The van der Waals surface area contributed by atoms with E-state index in [-0.39, 0.29) is 5.69 Å². The number of benzene rings is 1. The number of aromatic nitrogens is 2. The molecule has 7 heteroatoms. The number of nitro benzene ring substituents is 1. The molecule has 0 amide bonds. The third-order valence-electron chi connectivity index (χ3n) is 1.78. The van der Waals surface area contributed by atoms with Gasteiger partial charge in [0, 0.05) is 12.1 Å². The second-order valence-electron chi connectivity index (χ2n) is 2.74. The smallest absolute Gasteiger partial charge is 0.258 e. The molecule has 0 atom stereocenters. The first-order chi connectivity index (χ1) is 7.08. The van der Waals surface area contributed by atoms with Crippen LogP contribution in [0.3, 0.4) is 0 Å². The van der Waals surface area contributed by atoms with Crippen molar-refractivity contribution in [3.8, 4) is 0 Å². The van der Waals surface area contributed by atoms with Crippen LogP contribution < -0.4 is 0 Å². The van der Waals surface area contributed by atoms with Crippen LogP contribution in [0.25, 0.3) is 11.0 Å². The van der Waals surface area contributed by atoms with Crippen molar-refractivity contribution >= 4 is 61.9 Å². The summed E-state index contributed by atoms with van der Waals surface area (Å²) >= 11 is 4.13. The number of fused-ring (bicyclic) bond motifs is 1. The van der Waals surface area contributed by atoms with Gasteiger partial charge in [-0.1, -0.05) is 0 Å². The van der Waals surface area contributed by atoms with Gasteiger partial charge in [0.2, 0.25) is 0 Å². The summed E-state index contributed by atoms with van der Waals surface area (Å²) in [6.45, 7) is 0. The molecular weight excluding hydrogens is 424 g/mol. The monoisotopic (exact) mass is 427 g/mol. The minimum Gasteiger partial charge on any atom is -0.258 e. The fourth-order valence-corrected chi connectivity index (χ4v) is 1.87. The van der Waals surface area contributed by atoms with Crippen LogP contribution in [-0.4, -0.2) is 14.9 Å². The Morgan fingerprint density at radius 1 is 1.13 bits per heavy atom. The lowest BCUT2D eigenvalue weighted by Crippen LogP contribution is -1.94. The summed E-state index contributed by atoms with van der Waals surface area (Å²) in [5.74, 6) is 0. The van der Waals surface area contributed by atoms with Gasteiger partial charge < -0.3 is 0 Å².